The van der Waals surface area contributed by atoms with E-state index in [0.717, 1.165) is 6.54 Å². The number of hydrogen-bond donors (Lipinski definition) is 1. The van der Waals surface area contributed by atoms with Crippen LogP contribution in [0, 0.1) is 5.41 Å². The van der Waals surface area contributed by atoms with Crippen LogP contribution in [0.1, 0.15) is 74.1 Å². The minimum Gasteiger partial charge on any atom is -0.311 e. The van der Waals surface area contributed by atoms with Gasteiger partial charge in [-0.15, -0.1) is 0 Å². The zero-order valence-electron chi connectivity index (χ0n) is 14.6. The molecule has 2 nitrogen and oxygen atoms in total. The minimum atomic E-state index is 0.218. The summed E-state index contributed by atoms with van der Waals surface area (Å²) < 4.78 is 0. The van der Waals surface area contributed by atoms with Crippen molar-refractivity contribution in [1.29, 1.82) is 0 Å². The Morgan fingerprint density at radius 2 is 1.53 bits per heavy atom. The van der Waals surface area contributed by atoms with E-state index in [1.807, 2.05) is 0 Å². The van der Waals surface area contributed by atoms with Crippen LogP contribution >= 0.6 is 0 Å². The highest BCUT2D eigenvalue weighted by molar-refractivity contribution is 4.85. The fourth-order valence-electron chi connectivity index (χ4n) is 2.44. The molecule has 1 N–H and O–H groups in total. The van der Waals surface area contributed by atoms with Gasteiger partial charge >= 0.3 is 0 Å². The van der Waals surface area contributed by atoms with Crippen molar-refractivity contribution in [2.75, 3.05) is 26.2 Å². The van der Waals surface area contributed by atoms with Gasteiger partial charge in [-0.2, -0.15) is 0 Å². The van der Waals surface area contributed by atoms with E-state index in [2.05, 4.69) is 58.7 Å². The maximum Gasteiger partial charge on any atom is 0.00967 e. The molecule has 0 rings (SSSR count). The molecule has 0 aliphatic carbocycles. The van der Waals surface area contributed by atoms with Gasteiger partial charge in [0.1, 0.15) is 0 Å². The number of hydrogen-bond acceptors (Lipinski definition) is 2. The van der Waals surface area contributed by atoms with E-state index in [-0.39, 0.29) is 5.54 Å². The van der Waals surface area contributed by atoms with Crippen LogP contribution < -0.4 is 5.32 Å². The molecule has 0 aromatic rings. The highest BCUT2D eigenvalue weighted by atomic mass is 15.1. The van der Waals surface area contributed by atoms with E-state index in [1.165, 1.54) is 45.3 Å². The lowest BCUT2D eigenvalue weighted by Gasteiger charge is -2.39. The summed E-state index contributed by atoms with van der Waals surface area (Å²) in [7, 11) is 0. The number of nitrogens with one attached hydrogen (secondary N) is 1. The molecule has 2 heteroatoms. The fraction of sp³-hybridized carbons (Fsp3) is 1.00. The molecule has 0 heterocycles. The van der Waals surface area contributed by atoms with E-state index in [1.54, 1.807) is 0 Å². The van der Waals surface area contributed by atoms with Gasteiger partial charge in [-0.1, -0.05) is 34.1 Å². The average Bonchev–Trinajstić information content (AvgIpc) is 2.38. The quantitative estimate of drug-likeness (QED) is 0.636. The van der Waals surface area contributed by atoms with Crippen LogP contribution in [0.5, 0.6) is 0 Å². The lowest BCUT2D eigenvalue weighted by Crippen LogP contribution is -2.48. The van der Waals surface area contributed by atoms with Crippen molar-refractivity contribution in [3.8, 4) is 0 Å². The average molecular weight is 271 g/mol. The molecule has 0 amide bonds. The maximum atomic E-state index is 3.72. The summed E-state index contributed by atoms with van der Waals surface area (Å²) in [6, 6.07) is 0. The van der Waals surface area contributed by atoms with Gasteiger partial charge in [0.25, 0.3) is 0 Å². The second-order valence-corrected chi connectivity index (χ2v) is 7.03. The Morgan fingerprint density at radius 1 is 0.947 bits per heavy atom. The van der Waals surface area contributed by atoms with Crippen LogP contribution in [0.15, 0.2) is 0 Å². The molecular weight excluding hydrogens is 232 g/mol. The number of nitrogens with zero attached hydrogens (tertiary/aromatic N) is 1. The van der Waals surface area contributed by atoms with Crippen molar-refractivity contribution in [3.05, 3.63) is 0 Å². The summed E-state index contributed by atoms with van der Waals surface area (Å²) >= 11 is 0. The van der Waals surface area contributed by atoms with Gasteiger partial charge in [0.05, 0.1) is 0 Å². The molecule has 0 aromatic heterocycles. The summed E-state index contributed by atoms with van der Waals surface area (Å²) in [6.45, 7) is 20.9. The Morgan fingerprint density at radius 3 is 1.89 bits per heavy atom. The third-order valence-electron chi connectivity index (χ3n) is 4.33. The Bertz CT molecular complexity index is 214. The van der Waals surface area contributed by atoms with Gasteiger partial charge in [0.2, 0.25) is 0 Å². The second-order valence-electron chi connectivity index (χ2n) is 7.03. The second kappa shape index (κ2) is 8.97. The summed E-state index contributed by atoms with van der Waals surface area (Å²) in [5.41, 5.74) is 0.646. The van der Waals surface area contributed by atoms with Crippen LogP contribution in [0.3, 0.4) is 0 Å². The Labute approximate surface area is 122 Å². The van der Waals surface area contributed by atoms with Gasteiger partial charge in [-0.3, -0.25) is 0 Å². The monoisotopic (exact) mass is 270 g/mol. The maximum absolute atomic E-state index is 3.72. The van der Waals surface area contributed by atoms with Gasteiger partial charge in [-0.05, 0) is 58.5 Å². The molecule has 0 saturated carbocycles. The third kappa shape index (κ3) is 7.94. The van der Waals surface area contributed by atoms with Gasteiger partial charge in [0, 0.05) is 18.6 Å². The molecule has 0 unspecified atom stereocenters. The Balaban J connectivity index is 4.57. The van der Waals surface area contributed by atoms with Gasteiger partial charge < -0.3 is 10.2 Å². The van der Waals surface area contributed by atoms with Crippen molar-refractivity contribution in [1.82, 2.24) is 10.2 Å². The van der Waals surface area contributed by atoms with E-state index < -0.39 is 0 Å². The number of unbranched alkanes of at least 4 members (excludes halogenated alkanes) is 1. The largest absolute Gasteiger partial charge is 0.311 e. The van der Waals surface area contributed by atoms with Crippen LogP contribution in [0.4, 0.5) is 0 Å². The summed E-state index contributed by atoms with van der Waals surface area (Å²) in [6.07, 6.45) is 5.14. The van der Waals surface area contributed by atoms with Crippen LogP contribution in [-0.2, 0) is 0 Å². The predicted octanol–water partition coefficient (Wildman–Crippen LogP) is 4.30. The highest BCUT2D eigenvalue weighted by Gasteiger charge is 2.29. The molecule has 0 spiro atoms. The first-order chi connectivity index (χ1) is 8.82. The summed E-state index contributed by atoms with van der Waals surface area (Å²) in [4.78, 5) is 2.64. The normalized spacial score (nSPS) is 13.3. The summed E-state index contributed by atoms with van der Waals surface area (Å²) in [5.74, 6) is 0. The smallest absolute Gasteiger partial charge is 0.00967 e. The van der Waals surface area contributed by atoms with Crippen LogP contribution in [-0.4, -0.2) is 36.6 Å². The van der Waals surface area contributed by atoms with Crippen molar-refractivity contribution in [2.24, 2.45) is 5.41 Å². The molecule has 116 valence electrons. The molecule has 0 aliphatic heterocycles. The van der Waals surface area contributed by atoms with Crippen molar-refractivity contribution in [3.63, 3.8) is 0 Å². The highest BCUT2D eigenvalue weighted by Crippen LogP contribution is 2.28. The Kier molecular flexibility index (Phi) is 8.93. The van der Waals surface area contributed by atoms with Crippen molar-refractivity contribution >= 4 is 0 Å². The molecule has 0 aromatic carbocycles. The SMILES string of the molecule is CCCCN(CC)CC(CC)(CC)CNC(C)(C)C. The lowest BCUT2D eigenvalue weighted by molar-refractivity contribution is 0.128. The minimum absolute atomic E-state index is 0.218. The van der Waals surface area contributed by atoms with Crippen molar-refractivity contribution < 1.29 is 0 Å². The van der Waals surface area contributed by atoms with Gasteiger partial charge in [0.15, 0.2) is 0 Å². The van der Waals surface area contributed by atoms with E-state index >= 15 is 0 Å². The van der Waals surface area contributed by atoms with E-state index in [0.29, 0.717) is 5.41 Å². The predicted molar refractivity (Wildman–Crippen MR) is 87.8 cm³/mol. The molecule has 0 saturated heterocycles. The first-order valence-electron chi connectivity index (χ1n) is 8.29. The zero-order chi connectivity index (χ0) is 14.9. The Hall–Kier alpha value is -0.0800. The van der Waals surface area contributed by atoms with E-state index in [4.69, 9.17) is 0 Å². The summed E-state index contributed by atoms with van der Waals surface area (Å²) in [5, 5.41) is 3.72. The van der Waals surface area contributed by atoms with Crippen molar-refractivity contribution in [2.45, 2.75) is 79.7 Å². The zero-order valence-corrected chi connectivity index (χ0v) is 14.6. The molecule has 0 fully saturated rings. The van der Waals surface area contributed by atoms with Crippen LogP contribution in [0.25, 0.3) is 0 Å². The first-order valence-corrected chi connectivity index (χ1v) is 8.29. The molecule has 0 aliphatic rings. The van der Waals surface area contributed by atoms with E-state index in [9.17, 15) is 0 Å². The first kappa shape index (κ1) is 18.9. The molecule has 0 radical (unpaired) electrons. The number of rotatable bonds is 10. The molecular formula is C17H38N2. The standard InChI is InChI=1S/C17H38N2/c1-8-12-13-19(11-4)15-17(9-2,10-3)14-18-16(5,6)7/h18H,8-15H2,1-7H3. The molecule has 0 bridgehead atoms. The lowest BCUT2D eigenvalue weighted by atomic mass is 9.81. The third-order valence-corrected chi connectivity index (χ3v) is 4.33. The van der Waals surface area contributed by atoms with Gasteiger partial charge in [-0.25, -0.2) is 0 Å². The topological polar surface area (TPSA) is 15.3 Å². The van der Waals surface area contributed by atoms with Crippen LogP contribution in [0.2, 0.25) is 0 Å². The molecule has 0 atom stereocenters. The fourth-order valence-corrected chi connectivity index (χ4v) is 2.44. The molecule has 19 heavy (non-hydrogen) atoms.